The van der Waals surface area contributed by atoms with Crippen molar-refractivity contribution >= 4 is 21.4 Å². The molecule has 0 fully saturated rings. The van der Waals surface area contributed by atoms with Gasteiger partial charge in [-0.2, -0.15) is 0 Å². The van der Waals surface area contributed by atoms with E-state index in [1.807, 2.05) is 6.07 Å². The highest BCUT2D eigenvalue weighted by molar-refractivity contribution is 7.92. The fraction of sp³-hybridized carbons (Fsp3) is 0.136. The molecule has 0 saturated carbocycles. The lowest BCUT2D eigenvalue weighted by atomic mass is 10.1. The van der Waals surface area contributed by atoms with E-state index in [1.54, 1.807) is 54.0 Å². The van der Waals surface area contributed by atoms with Gasteiger partial charge < -0.3 is 9.84 Å². The number of aliphatic hydroxyl groups excluding tert-OH is 1. The third-order valence-electron chi connectivity index (χ3n) is 4.47. The Bertz CT molecular complexity index is 1440. The first-order chi connectivity index (χ1) is 15.4. The van der Waals surface area contributed by atoms with Crippen LogP contribution in [0.4, 0.5) is 5.69 Å². The number of sulfonamides is 1. The smallest absolute Gasteiger partial charge is 0.262 e. The van der Waals surface area contributed by atoms with E-state index in [0.29, 0.717) is 17.0 Å². The van der Waals surface area contributed by atoms with E-state index in [4.69, 9.17) is 4.74 Å². The third-order valence-corrected chi connectivity index (χ3v) is 5.85. The topological polar surface area (TPSA) is 119 Å². The van der Waals surface area contributed by atoms with Gasteiger partial charge in [-0.1, -0.05) is 24.1 Å². The van der Waals surface area contributed by atoms with Gasteiger partial charge in [0.2, 0.25) is 11.7 Å². The van der Waals surface area contributed by atoms with E-state index in [1.165, 1.54) is 19.2 Å². The van der Waals surface area contributed by atoms with Gasteiger partial charge in [0.1, 0.15) is 11.8 Å². The van der Waals surface area contributed by atoms with Gasteiger partial charge in [0.15, 0.2) is 5.65 Å². The van der Waals surface area contributed by atoms with Crippen molar-refractivity contribution in [3.8, 4) is 28.8 Å². The lowest BCUT2D eigenvalue weighted by Gasteiger charge is -2.13. The summed E-state index contributed by atoms with van der Waals surface area (Å²) < 4.78 is 35.0. The van der Waals surface area contributed by atoms with Crippen LogP contribution in [0.5, 0.6) is 5.88 Å². The van der Waals surface area contributed by atoms with Crippen molar-refractivity contribution in [2.45, 2.75) is 17.9 Å². The van der Waals surface area contributed by atoms with Gasteiger partial charge >= 0.3 is 0 Å². The monoisotopic (exact) mass is 449 g/mol. The normalized spacial score (nSPS) is 12.1. The van der Waals surface area contributed by atoms with Gasteiger partial charge in [0, 0.05) is 23.5 Å². The van der Waals surface area contributed by atoms with Gasteiger partial charge in [0.25, 0.3) is 10.0 Å². The molecule has 0 radical (unpaired) electrons. The molecule has 2 N–H and O–H groups in total. The maximum absolute atomic E-state index is 12.8. The van der Waals surface area contributed by atoms with Crippen molar-refractivity contribution in [3.63, 3.8) is 0 Å². The number of hydrogen-bond acceptors (Lipinski definition) is 7. The largest absolute Gasteiger partial charge is 0.480 e. The van der Waals surface area contributed by atoms with Gasteiger partial charge in [-0.15, -0.1) is 10.2 Å². The summed E-state index contributed by atoms with van der Waals surface area (Å²) in [7, 11) is -2.41. The molecule has 1 unspecified atom stereocenters. The first kappa shape index (κ1) is 21.3. The van der Waals surface area contributed by atoms with Crippen molar-refractivity contribution in [2.24, 2.45) is 0 Å². The molecule has 3 heterocycles. The summed E-state index contributed by atoms with van der Waals surface area (Å²) >= 11 is 0. The average molecular weight is 449 g/mol. The summed E-state index contributed by atoms with van der Waals surface area (Å²) in [4.78, 5) is 4.38. The van der Waals surface area contributed by atoms with Crippen LogP contribution in [0.25, 0.3) is 16.8 Å². The molecule has 1 aromatic carbocycles. The maximum atomic E-state index is 12.8. The van der Waals surface area contributed by atoms with E-state index in [2.05, 4.69) is 31.7 Å². The molecule has 3 aromatic heterocycles. The molecule has 9 nitrogen and oxygen atoms in total. The summed E-state index contributed by atoms with van der Waals surface area (Å²) in [5.41, 5.74) is 2.15. The number of methoxy groups -OCH3 is 1. The summed E-state index contributed by atoms with van der Waals surface area (Å²) in [6.45, 7) is 1.56. The summed E-state index contributed by atoms with van der Waals surface area (Å²) in [6, 6.07) is 13.2. The number of aromatic nitrogens is 4. The molecule has 0 amide bonds. The molecular weight excluding hydrogens is 430 g/mol. The highest BCUT2D eigenvalue weighted by Crippen LogP contribution is 2.30. The lowest BCUT2D eigenvalue weighted by Crippen LogP contribution is -2.14. The van der Waals surface area contributed by atoms with Crippen molar-refractivity contribution < 1.29 is 18.3 Å². The third kappa shape index (κ3) is 4.39. The minimum Gasteiger partial charge on any atom is -0.480 e. The van der Waals surface area contributed by atoms with Crippen LogP contribution in [0.2, 0.25) is 0 Å². The second-order valence-electron chi connectivity index (χ2n) is 6.81. The summed E-state index contributed by atoms with van der Waals surface area (Å²) in [5, 5.41) is 17.5. The first-order valence-electron chi connectivity index (χ1n) is 9.54. The Hall–Kier alpha value is -3.94. The van der Waals surface area contributed by atoms with E-state index >= 15 is 0 Å². The van der Waals surface area contributed by atoms with Crippen molar-refractivity contribution in [1.82, 2.24) is 19.6 Å². The number of nitrogens with zero attached hydrogens (tertiary/aromatic N) is 4. The minimum atomic E-state index is -3.83. The molecule has 0 aliphatic rings. The van der Waals surface area contributed by atoms with E-state index < -0.39 is 16.1 Å². The van der Waals surface area contributed by atoms with Crippen molar-refractivity contribution in [3.05, 3.63) is 66.7 Å². The standard InChI is InChI=1S/C22H19N5O4S/c1-15(28)8-10-20-24-25-21-11-9-16(14-27(20)21)17-12-19(22(31-2)23-13-17)26-32(29,30)18-6-4-3-5-7-18/h3-7,9,11-15,26,28H,1-2H3. The fourth-order valence-electron chi connectivity index (χ4n) is 2.96. The first-order valence-corrected chi connectivity index (χ1v) is 11.0. The Labute approximate surface area is 184 Å². The number of benzene rings is 1. The zero-order valence-corrected chi connectivity index (χ0v) is 18.0. The zero-order chi connectivity index (χ0) is 22.7. The highest BCUT2D eigenvalue weighted by Gasteiger charge is 2.18. The molecular formula is C22H19N5O4S. The number of fused-ring (bicyclic) bond motifs is 1. The fourth-order valence-corrected chi connectivity index (χ4v) is 4.03. The second-order valence-corrected chi connectivity index (χ2v) is 8.50. The molecule has 10 heteroatoms. The lowest BCUT2D eigenvalue weighted by molar-refractivity contribution is 0.253. The SMILES string of the molecule is COc1ncc(-c2ccc3nnc(C#CC(C)O)n3c2)cc1NS(=O)(=O)c1ccccc1. The zero-order valence-electron chi connectivity index (χ0n) is 17.2. The van der Waals surface area contributed by atoms with Crippen LogP contribution in [0.1, 0.15) is 12.7 Å². The van der Waals surface area contributed by atoms with Crippen molar-refractivity contribution in [2.75, 3.05) is 11.8 Å². The number of rotatable bonds is 5. The van der Waals surface area contributed by atoms with Crippen LogP contribution >= 0.6 is 0 Å². The van der Waals surface area contributed by atoms with Crippen molar-refractivity contribution in [1.29, 1.82) is 0 Å². The highest BCUT2D eigenvalue weighted by atomic mass is 32.2. The molecule has 0 spiro atoms. The van der Waals surface area contributed by atoms with Gasteiger partial charge in [-0.25, -0.2) is 13.4 Å². The molecule has 32 heavy (non-hydrogen) atoms. The number of pyridine rings is 2. The van der Waals surface area contributed by atoms with E-state index in [0.717, 1.165) is 5.56 Å². The quantitative estimate of drug-likeness (QED) is 0.449. The minimum absolute atomic E-state index is 0.125. The number of anilines is 1. The molecule has 0 bridgehead atoms. The molecule has 1 atom stereocenters. The van der Waals surface area contributed by atoms with Crippen LogP contribution in [-0.4, -0.2) is 46.3 Å². The molecule has 0 saturated heterocycles. The number of ether oxygens (including phenoxy) is 1. The Kier molecular flexibility index (Phi) is 5.77. The molecule has 0 aliphatic carbocycles. The predicted molar refractivity (Wildman–Crippen MR) is 119 cm³/mol. The van der Waals surface area contributed by atoms with Gasteiger partial charge in [-0.05, 0) is 43.2 Å². The Morgan fingerprint density at radius 1 is 1.12 bits per heavy atom. The van der Waals surface area contributed by atoms with Gasteiger partial charge in [0.05, 0.1) is 12.0 Å². The maximum Gasteiger partial charge on any atom is 0.262 e. The summed E-state index contributed by atoms with van der Waals surface area (Å²) in [5.74, 6) is 5.94. The van der Waals surface area contributed by atoms with Crippen LogP contribution in [0, 0.1) is 11.8 Å². The molecule has 0 aliphatic heterocycles. The number of aliphatic hydroxyl groups is 1. The molecule has 4 rings (SSSR count). The van der Waals surface area contributed by atoms with Crippen LogP contribution in [0.15, 0.2) is 65.8 Å². The molecule has 4 aromatic rings. The second kappa shape index (κ2) is 8.66. The average Bonchev–Trinajstić information content (AvgIpc) is 3.20. The van der Waals surface area contributed by atoms with Crippen LogP contribution in [-0.2, 0) is 10.0 Å². The van der Waals surface area contributed by atoms with E-state index in [9.17, 15) is 13.5 Å². The van der Waals surface area contributed by atoms with Crippen LogP contribution in [0.3, 0.4) is 0 Å². The number of hydrogen-bond donors (Lipinski definition) is 2. The predicted octanol–water partition coefficient (Wildman–Crippen LogP) is 2.33. The Morgan fingerprint density at radius 2 is 1.91 bits per heavy atom. The van der Waals surface area contributed by atoms with Crippen LogP contribution < -0.4 is 9.46 Å². The Balaban J connectivity index is 1.75. The molecule has 162 valence electrons. The Morgan fingerprint density at radius 3 is 2.62 bits per heavy atom. The summed E-state index contributed by atoms with van der Waals surface area (Å²) in [6.07, 6.45) is 2.54. The number of nitrogens with one attached hydrogen (secondary N) is 1. The van der Waals surface area contributed by atoms with Gasteiger partial charge in [-0.3, -0.25) is 9.12 Å². The van der Waals surface area contributed by atoms with E-state index in [-0.39, 0.29) is 16.5 Å².